The van der Waals surface area contributed by atoms with Crippen LogP contribution in [0.3, 0.4) is 0 Å². The summed E-state index contributed by atoms with van der Waals surface area (Å²) in [6, 6.07) is 10.1. The van der Waals surface area contributed by atoms with Gasteiger partial charge in [-0.25, -0.2) is 0 Å². The SMILES string of the molecule is CCC1CN(c2cccc(I)c2)C(CC)CN1. The van der Waals surface area contributed by atoms with E-state index in [1.54, 1.807) is 0 Å². The van der Waals surface area contributed by atoms with E-state index in [-0.39, 0.29) is 0 Å². The van der Waals surface area contributed by atoms with Gasteiger partial charge in [0.2, 0.25) is 0 Å². The van der Waals surface area contributed by atoms with E-state index in [9.17, 15) is 0 Å². The average molecular weight is 344 g/mol. The average Bonchev–Trinajstić information content (AvgIpc) is 2.38. The Morgan fingerprint density at radius 2 is 2.18 bits per heavy atom. The van der Waals surface area contributed by atoms with Crippen LogP contribution in [0.25, 0.3) is 0 Å². The summed E-state index contributed by atoms with van der Waals surface area (Å²) in [7, 11) is 0. The van der Waals surface area contributed by atoms with Crippen molar-refractivity contribution >= 4 is 28.3 Å². The monoisotopic (exact) mass is 344 g/mol. The molecule has 2 atom stereocenters. The summed E-state index contributed by atoms with van der Waals surface area (Å²) in [4.78, 5) is 2.58. The Balaban J connectivity index is 2.20. The molecular formula is C14H21IN2. The summed E-state index contributed by atoms with van der Waals surface area (Å²) in [6.07, 6.45) is 2.41. The molecule has 1 saturated heterocycles. The Labute approximate surface area is 118 Å². The zero-order chi connectivity index (χ0) is 12.3. The van der Waals surface area contributed by atoms with Crippen molar-refractivity contribution in [1.29, 1.82) is 0 Å². The topological polar surface area (TPSA) is 15.3 Å². The first kappa shape index (κ1) is 13.1. The third-order valence-electron chi connectivity index (χ3n) is 3.60. The molecule has 17 heavy (non-hydrogen) atoms. The van der Waals surface area contributed by atoms with E-state index in [4.69, 9.17) is 0 Å². The zero-order valence-corrected chi connectivity index (χ0v) is 12.8. The fourth-order valence-corrected chi connectivity index (χ4v) is 3.00. The van der Waals surface area contributed by atoms with Crippen LogP contribution in [-0.2, 0) is 0 Å². The third-order valence-corrected chi connectivity index (χ3v) is 4.27. The molecular weight excluding hydrogens is 323 g/mol. The molecule has 2 unspecified atom stereocenters. The second-order valence-corrected chi connectivity index (χ2v) is 5.95. The highest BCUT2D eigenvalue weighted by molar-refractivity contribution is 14.1. The van der Waals surface area contributed by atoms with Crippen molar-refractivity contribution < 1.29 is 0 Å². The van der Waals surface area contributed by atoms with Crippen molar-refractivity contribution in [1.82, 2.24) is 5.32 Å². The first-order chi connectivity index (χ1) is 8.24. The summed E-state index contributed by atoms with van der Waals surface area (Å²) in [5.41, 5.74) is 1.38. The highest BCUT2D eigenvalue weighted by Gasteiger charge is 2.25. The molecule has 1 aliphatic heterocycles. The van der Waals surface area contributed by atoms with Crippen LogP contribution in [-0.4, -0.2) is 25.2 Å². The number of piperazine rings is 1. The fraction of sp³-hybridized carbons (Fsp3) is 0.571. The van der Waals surface area contributed by atoms with Crippen LogP contribution in [0.1, 0.15) is 26.7 Å². The maximum atomic E-state index is 3.64. The molecule has 1 aromatic rings. The lowest BCUT2D eigenvalue weighted by Crippen LogP contribution is -2.56. The predicted molar refractivity (Wildman–Crippen MR) is 82.7 cm³/mol. The molecule has 1 aliphatic rings. The minimum absolute atomic E-state index is 0.635. The van der Waals surface area contributed by atoms with Gasteiger partial charge in [-0.1, -0.05) is 19.9 Å². The van der Waals surface area contributed by atoms with E-state index in [0.717, 1.165) is 13.1 Å². The van der Waals surface area contributed by atoms with E-state index in [1.807, 2.05) is 0 Å². The van der Waals surface area contributed by atoms with Gasteiger partial charge < -0.3 is 10.2 Å². The van der Waals surface area contributed by atoms with E-state index >= 15 is 0 Å². The number of benzene rings is 1. The maximum Gasteiger partial charge on any atom is 0.0412 e. The van der Waals surface area contributed by atoms with Gasteiger partial charge in [0.15, 0.2) is 0 Å². The number of nitrogens with one attached hydrogen (secondary N) is 1. The molecule has 0 bridgehead atoms. The normalized spacial score (nSPS) is 25.0. The van der Waals surface area contributed by atoms with Crippen LogP contribution < -0.4 is 10.2 Å². The number of hydrogen-bond acceptors (Lipinski definition) is 2. The second kappa shape index (κ2) is 6.05. The fourth-order valence-electron chi connectivity index (χ4n) is 2.47. The lowest BCUT2D eigenvalue weighted by molar-refractivity contribution is 0.379. The lowest BCUT2D eigenvalue weighted by atomic mass is 10.0. The lowest BCUT2D eigenvalue weighted by Gasteiger charge is -2.41. The minimum atomic E-state index is 0.635. The maximum absolute atomic E-state index is 3.64. The van der Waals surface area contributed by atoms with E-state index in [2.05, 4.69) is 70.9 Å². The smallest absolute Gasteiger partial charge is 0.0412 e. The predicted octanol–water partition coefficient (Wildman–Crippen LogP) is 3.26. The van der Waals surface area contributed by atoms with Crippen LogP contribution in [0.5, 0.6) is 0 Å². The quantitative estimate of drug-likeness (QED) is 0.847. The third kappa shape index (κ3) is 3.13. The molecule has 1 fully saturated rings. The van der Waals surface area contributed by atoms with Gasteiger partial charge in [-0.05, 0) is 53.6 Å². The van der Waals surface area contributed by atoms with Crippen LogP contribution in [0, 0.1) is 3.57 Å². The van der Waals surface area contributed by atoms with Crippen molar-refractivity contribution in [2.75, 3.05) is 18.0 Å². The molecule has 0 aliphatic carbocycles. The van der Waals surface area contributed by atoms with E-state index in [1.165, 1.54) is 22.1 Å². The molecule has 1 heterocycles. The Morgan fingerprint density at radius 3 is 2.82 bits per heavy atom. The summed E-state index contributed by atoms with van der Waals surface area (Å²) in [5, 5.41) is 3.64. The van der Waals surface area contributed by atoms with Crippen LogP contribution in [0.4, 0.5) is 5.69 Å². The largest absolute Gasteiger partial charge is 0.366 e. The van der Waals surface area contributed by atoms with E-state index < -0.39 is 0 Å². The molecule has 1 N–H and O–H groups in total. The summed E-state index contributed by atoms with van der Waals surface area (Å²) in [6.45, 7) is 6.78. The number of anilines is 1. The van der Waals surface area contributed by atoms with Crippen molar-refractivity contribution in [2.24, 2.45) is 0 Å². The van der Waals surface area contributed by atoms with Crippen molar-refractivity contribution in [3.63, 3.8) is 0 Å². The molecule has 2 nitrogen and oxygen atoms in total. The van der Waals surface area contributed by atoms with Crippen molar-refractivity contribution in [3.8, 4) is 0 Å². The Bertz CT molecular complexity index is 367. The second-order valence-electron chi connectivity index (χ2n) is 4.71. The molecule has 0 saturated carbocycles. The van der Waals surface area contributed by atoms with Gasteiger partial charge in [-0.3, -0.25) is 0 Å². The molecule has 0 spiro atoms. The van der Waals surface area contributed by atoms with Gasteiger partial charge in [0.25, 0.3) is 0 Å². The highest BCUT2D eigenvalue weighted by Crippen LogP contribution is 2.23. The summed E-state index contributed by atoms with van der Waals surface area (Å²) < 4.78 is 1.32. The molecule has 0 amide bonds. The van der Waals surface area contributed by atoms with Crippen LogP contribution >= 0.6 is 22.6 Å². The first-order valence-electron chi connectivity index (χ1n) is 6.50. The molecule has 2 rings (SSSR count). The standard InChI is InChI=1S/C14H21IN2/c1-3-12-10-17(13(4-2)9-16-12)14-7-5-6-11(15)8-14/h5-8,12-13,16H,3-4,9-10H2,1-2H3. The van der Waals surface area contributed by atoms with Crippen LogP contribution in [0.15, 0.2) is 24.3 Å². The number of nitrogens with zero attached hydrogens (tertiary/aromatic N) is 1. The number of rotatable bonds is 3. The summed E-state index contributed by atoms with van der Waals surface area (Å²) in [5.74, 6) is 0. The Morgan fingerprint density at radius 1 is 1.35 bits per heavy atom. The van der Waals surface area contributed by atoms with Gasteiger partial charge in [0.05, 0.1) is 0 Å². The molecule has 3 heteroatoms. The van der Waals surface area contributed by atoms with Gasteiger partial charge in [-0.15, -0.1) is 0 Å². The molecule has 0 aromatic heterocycles. The number of hydrogen-bond donors (Lipinski definition) is 1. The van der Waals surface area contributed by atoms with Crippen molar-refractivity contribution in [2.45, 2.75) is 38.8 Å². The highest BCUT2D eigenvalue weighted by atomic mass is 127. The van der Waals surface area contributed by atoms with Crippen LogP contribution in [0.2, 0.25) is 0 Å². The van der Waals surface area contributed by atoms with E-state index in [0.29, 0.717) is 12.1 Å². The van der Waals surface area contributed by atoms with Crippen molar-refractivity contribution in [3.05, 3.63) is 27.8 Å². The van der Waals surface area contributed by atoms with Gasteiger partial charge in [-0.2, -0.15) is 0 Å². The minimum Gasteiger partial charge on any atom is -0.366 e. The number of halogens is 1. The zero-order valence-electron chi connectivity index (χ0n) is 10.6. The Kier molecular flexibility index (Phi) is 4.68. The van der Waals surface area contributed by atoms with Gasteiger partial charge in [0, 0.05) is 34.4 Å². The molecule has 1 aromatic carbocycles. The first-order valence-corrected chi connectivity index (χ1v) is 7.58. The molecule has 0 radical (unpaired) electrons. The van der Waals surface area contributed by atoms with Gasteiger partial charge >= 0.3 is 0 Å². The summed E-state index contributed by atoms with van der Waals surface area (Å²) >= 11 is 2.39. The molecule has 94 valence electrons. The Hall–Kier alpha value is -0.290. The van der Waals surface area contributed by atoms with Gasteiger partial charge in [0.1, 0.15) is 0 Å².